The zero-order chi connectivity index (χ0) is 23.5. The first kappa shape index (κ1) is 22.2. The molecular formula is C27H19ClFN3OS. The largest absolute Gasteiger partial charge is 0.342 e. The van der Waals surface area contributed by atoms with Crippen LogP contribution in [0.4, 0.5) is 4.39 Å². The third kappa shape index (κ3) is 4.55. The maximum absolute atomic E-state index is 13.8. The van der Waals surface area contributed by atoms with Gasteiger partial charge in [-0.3, -0.25) is 0 Å². The van der Waals surface area contributed by atoms with Crippen LogP contribution in [0.25, 0.3) is 33.5 Å². The van der Waals surface area contributed by atoms with Gasteiger partial charge < -0.3 is 4.52 Å². The Morgan fingerprint density at radius 2 is 1.82 bits per heavy atom. The molecule has 0 bridgehead atoms. The van der Waals surface area contributed by atoms with Gasteiger partial charge in [-0.1, -0.05) is 66.2 Å². The number of hydrogen-bond donors (Lipinski definition) is 0. The smallest absolute Gasteiger partial charge is 0.214 e. The third-order valence-corrected chi connectivity index (χ3v) is 6.66. The first-order chi connectivity index (χ1) is 16.6. The number of rotatable bonds is 6. The fourth-order valence-corrected chi connectivity index (χ4v) is 4.89. The van der Waals surface area contributed by atoms with E-state index in [0.717, 1.165) is 50.0 Å². The molecule has 0 unspecified atom stereocenters. The molecule has 0 aliphatic heterocycles. The van der Waals surface area contributed by atoms with E-state index in [1.165, 1.54) is 18.5 Å². The van der Waals surface area contributed by atoms with Gasteiger partial charge in [0.1, 0.15) is 5.82 Å². The predicted molar refractivity (Wildman–Crippen MR) is 137 cm³/mol. The highest BCUT2D eigenvalue weighted by Crippen LogP contribution is 2.38. The third-order valence-electron chi connectivity index (χ3n) is 5.53. The van der Waals surface area contributed by atoms with E-state index in [1.807, 2.05) is 23.7 Å². The number of allylic oxidation sites excluding steroid dienone is 1. The number of halogens is 2. The Bertz CT molecular complexity index is 1500. The Kier molecular flexibility index (Phi) is 6.34. The van der Waals surface area contributed by atoms with Crippen LogP contribution in [0.15, 0.2) is 77.1 Å². The second-order valence-corrected chi connectivity index (χ2v) is 8.90. The van der Waals surface area contributed by atoms with Crippen LogP contribution >= 0.6 is 22.9 Å². The van der Waals surface area contributed by atoms with Crippen molar-refractivity contribution in [1.82, 2.24) is 15.1 Å². The SMILES string of the molecule is CC/C(=C(/c1ccc(/C=C/c2ncon2)cc1)c1ccc2scnc2c1)c1ccc(F)cc1Cl. The normalized spacial score (nSPS) is 12.4. The van der Waals surface area contributed by atoms with E-state index in [-0.39, 0.29) is 5.82 Å². The molecule has 0 saturated heterocycles. The molecule has 168 valence electrons. The molecule has 0 N–H and O–H groups in total. The minimum absolute atomic E-state index is 0.354. The van der Waals surface area contributed by atoms with Gasteiger partial charge in [0.15, 0.2) is 5.82 Å². The van der Waals surface area contributed by atoms with E-state index < -0.39 is 0 Å². The zero-order valence-electron chi connectivity index (χ0n) is 18.2. The predicted octanol–water partition coefficient (Wildman–Crippen LogP) is 8.01. The lowest BCUT2D eigenvalue weighted by atomic mass is 9.87. The molecule has 0 amide bonds. The summed E-state index contributed by atoms with van der Waals surface area (Å²) in [5.74, 6) is 0.160. The van der Waals surface area contributed by atoms with Gasteiger partial charge in [0.2, 0.25) is 6.39 Å². The monoisotopic (exact) mass is 487 g/mol. The summed E-state index contributed by atoms with van der Waals surface area (Å²) in [6.07, 6.45) is 5.74. The van der Waals surface area contributed by atoms with Crippen molar-refractivity contribution >= 4 is 56.5 Å². The highest BCUT2D eigenvalue weighted by molar-refractivity contribution is 7.16. The van der Waals surface area contributed by atoms with Crippen molar-refractivity contribution < 1.29 is 8.91 Å². The van der Waals surface area contributed by atoms with Crippen molar-refractivity contribution in [2.24, 2.45) is 0 Å². The Morgan fingerprint density at radius 3 is 2.56 bits per heavy atom. The molecule has 0 spiro atoms. The quantitative estimate of drug-likeness (QED) is 0.227. The van der Waals surface area contributed by atoms with Crippen LogP contribution in [0.1, 0.15) is 41.4 Å². The van der Waals surface area contributed by atoms with Gasteiger partial charge in [-0.05, 0) is 70.2 Å². The highest BCUT2D eigenvalue weighted by Gasteiger charge is 2.16. The van der Waals surface area contributed by atoms with Gasteiger partial charge in [-0.25, -0.2) is 9.37 Å². The first-order valence-electron chi connectivity index (χ1n) is 10.7. The van der Waals surface area contributed by atoms with Crippen LogP contribution in [-0.2, 0) is 0 Å². The lowest BCUT2D eigenvalue weighted by Gasteiger charge is -2.17. The second kappa shape index (κ2) is 9.71. The summed E-state index contributed by atoms with van der Waals surface area (Å²) < 4.78 is 19.7. The van der Waals surface area contributed by atoms with Crippen molar-refractivity contribution in [1.29, 1.82) is 0 Å². The Balaban J connectivity index is 1.65. The molecule has 2 heterocycles. The lowest BCUT2D eigenvalue weighted by molar-refractivity contribution is 0.415. The summed E-state index contributed by atoms with van der Waals surface area (Å²) >= 11 is 8.11. The summed E-state index contributed by atoms with van der Waals surface area (Å²) in [6, 6.07) is 19.1. The van der Waals surface area contributed by atoms with Crippen LogP contribution < -0.4 is 0 Å². The summed E-state index contributed by atoms with van der Waals surface area (Å²) in [4.78, 5) is 8.50. The molecule has 0 fully saturated rings. The van der Waals surface area contributed by atoms with Crippen molar-refractivity contribution in [2.75, 3.05) is 0 Å². The van der Waals surface area contributed by atoms with E-state index in [4.69, 9.17) is 16.1 Å². The fourth-order valence-electron chi connectivity index (χ4n) is 3.95. The van der Waals surface area contributed by atoms with Gasteiger partial charge in [-0.15, -0.1) is 11.3 Å². The number of fused-ring (bicyclic) bond motifs is 1. The minimum Gasteiger partial charge on any atom is -0.342 e. The number of hydrogen-bond acceptors (Lipinski definition) is 5. The fraction of sp³-hybridized carbons (Fsp3) is 0.0741. The second-order valence-electron chi connectivity index (χ2n) is 7.61. The maximum atomic E-state index is 13.8. The van der Waals surface area contributed by atoms with Crippen LogP contribution in [-0.4, -0.2) is 15.1 Å². The Labute approximate surface area is 205 Å². The molecule has 2 aromatic heterocycles. The van der Waals surface area contributed by atoms with Crippen LogP contribution in [0.5, 0.6) is 0 Å². The van der Waals surface area contributed by atoms with Gasteiger partial charge in [0.25, 0.3) is 0 Å². The molecule has 5 aromatic rings. The molecule has 0 atom stereocenters. The van der Waals surface area contributed by atoms with Crippen molar-refractivity contribution in [2.45, 2.75) is 13.3 Å². The first-order valence-corrected chi connectivity index (χ1v) is 11.9. The molecule has 0 aliphatic carbocycles. The average Bonchev–Trinajstić information content (AvgIpc) is 3.54. The molecule has 0 radical (unpaired) electrons. The number of aromatic nitrogens is 3. The average molecular weight is 488 g/mol. The number of benzene rings is 3. The number of thiazole rings is 1. The van der Waals surface area contributed by atoms with Crippen molar-refractivity contribution in [3.8, 4) is 0 Å². The molecule has 7 heteroatoms. The van der Waals surface area contributed by atoms with Crippen LogP contribution in [0.2, 0.25) is 5.02 Å². The summed E-state index contributed by atoms with van der Waals surface area (Å²) in [7, 11) is 0. The van der Waals surface area contributed by atoms with Gasteiger partial charge in [-0.2, -0.15) is 4.98 Å². The minimum atomic E-state index is -0.354. The summed E-state index contributed by atoms with van der Waals surface area (Å²) in [6.45, 7) is 2.08. The molecule has 5 rings (SSSR count). The van der Waals surface area contributed by atoms with E-state index >= 15 is 0 Å². The molecule has 0 saturated carbocycles. The van der Waals surface area contributed by atoms with E-state index in [0.29, 0.717) is 10.8 Å². The van der Waals surface area contributed by atoms with E-state index in [9.17, 15) is 4.39 Å². The van der Waals surface area contributed by atoms with Crippen LogP contribution in [0.3, 0.4) is 0 Å². The highest BCUT2D eigenvalue weighted by atomic mass is 35.5. The standard InChI is InChI=1S/C27H19ClFN3OS/c1-2-21(22-10-9-20(29)14-23(22)28)27(19-8-11-25-24(13-19)31-16-34-25)18-6-3-17(4-7-18)5-12-26-30-15-33-32-26/h3-16H,2H2,1H3/b12-5+,27-21+. The molecular weight excluding hydrogens is 469 g/mol. The van der Waals surface area contributed by atoms with E-state index in [1.54, 1.807) is 23.5 Å². The van der Waals surface area contributed by atoms with Gasteiger partial charge >= 0.3 is 0 Å². The number of nitrogens with zero attached hydrogens (tertiary/aromatic N) is 3. The summed E-state index contributed by atoms with van der Waals surface area (Å²) in [5.41, 5.74) is 8.75. The van der Waals surface area contributed by atoms with Crippen molar-refractivity contribution in [3.63, 3.8) is 0 Å². The van der Waals surface area contributed by atoms with Gasteiger partial charge in [0.05, 0.1) is 20.7 Å². The molecule has 34 heavy (non-hydrogen) atoms. The lowest BCUT2D eigenvalue weighted by Crippen LogP contribution is -1.96. The Hall–Kier alpha value is -3.61. The van der Waals surface area contributed by atoms with Crippen LogP contribution in [0, 0.1) is 5.82 Å². The maximum Gasteiger partial charge on any atom is 0.214 e. The summed E-state index contributed by atoms with van der Waals surface area (Å²) in [5, 5.41) is 4.19. The van der Waals surface area contributed by atoms with Gasteiger partial charge in [0, 0.05) is 0 Å². The van der Waals surface area contributed by atoms with Crippen molar-refractivity contribution in [3.05, 3.63) is 111 Å². The molecule has 4 nitrogen and oxygen atoms in total. The zero-order valence-corrected chi connectivity index (χ0v) is 19.8. The topological polar surface area (TPSA) is 51.8 Å². The Morgan fingerprint density at radius 1 is 1.00 bits per heavy atom. The molecule has 3 aromatic carbocycles. The van der Waals surface area contributed by atoms with E-state index in [2.05, 4.69) is 52.4 Å². The molecule has 0 aliphatic rings.